The van der Waals surface area contributed by atoms with Gasteiger partial charge in [0.2, 0.25) is 0 Å². The SMILES string of the molecule is C=N/C(C)=C(\C)C=NC. The van der Waals surface area contributed by atoms with E-state index in [-0.39, 0.29) is 0 Å². The predicted octanol–water partition coefficient (Wildman–Crippen LogP) is 1.68. The molecule has 0 radical (unpaired) electrons. The average molecular weight is 124 g/mol. The van der Waals surface area contributed by atoms with Crippen LogP contribution in [-0.4, -0.2) is 20.0 Å². The van der Waals surface area contributed by atoms with Crippen LogP contribution in [0.1, 0.15) is 13.8 Å². The van der Waals surface area contributed by atoms with Gasteiger partial charge in [0.25, 0.3) is 0 Å². The summed E-state index contributed by atoms with van der Waals surface area (Å²) in [5.74, 6) is 0. The lowest BCUT2D eigenvalue weighted by Gasteiger charge is -1.92. The van der Waals surface area contributed by atoms with Crippen LogP contribution in [0, 0.1) is 0 Å². The fraction of sp³-hybridized carbons (Fsp3) is 0.429. The van der Waals surface area contributed by atoms with Gasteiger partial charge in [0.05, 0.1) is 0 Å². The van der Waals surface area contributed by atoms with Gasteiger partial charge in [-0.05, 0) is 26.1 Å². The smallest absolute Gasteiger partial charge is 0.0409 e. The van der Waals surface area contributed by atoms with Gasteiger partial charge in [-0.25, -0.2) is 0 Å². The number of nitrogens with zero attached hydrogens (tertiary/aromatic N) is 2. The average Bonchev–Trinajstić information content (AvgIpc) is 1.87. The van der Waals surface area contributed by atoms with Crippen molar-refractivity contribution in [3.05, 3.63) is 11.3 Å². The van der Waals surface area contributed by atoms with Gasteiger partial charge < -0.3 is 0 Å². The molecule has 0 N–H and O–H groups in total. The molecule has 0 aromatic heterocycles. The van der Waals surface area contributed by atoms with E-state index < -0.39 is 0 Å². The maximum atomic E-state index is 3.83. The maximum absolute atomic E-state index is 3.83. The molecule has 50 valence electrons. The number of hydrogen-bond acceptors (Lipinski definition) is 2. The van der Waals surface area contributed by atoms with Crippen LogP contribution in [-0.2, 0) is 0 Å². The maximum Gasteiger partial charge on any atom is 0.0409 e. The molecule has 0 atom stereocenters. The lowest BCUT2D eigenvalue weighted by Crippen LogP contribution is -1.81. The first-order valence-corrected chi connectivity index (χ1v) is 2.78. The van der Waals surface area contributed by atoms with Crippen molar-refractivity contribution in [2.75, 3.05) is 7.05 Å². The Hall–Kier alpha value is -0.920. The van der Waals surface area contributed by atoms with Crippen molar-refractivity contribution in [1.29, 1.82) is 0 Å². The Labute approximate surface area is 56.0 Å². The summed E-state index contributed by atoms with van der Waals surface area (Å²) in [6.07, 6.45) is 1.77. The first-order chi connectivity index (χ1) is 4.22. The Bertz CT molecular complexity index is 154. The normalized spacial score (nSPS) is 13.7. The lowest BCUT2D eigenvalue weighted by atomic mass is 10.3. The van der Waals surface area contributed by atoms with Crippen molar-refractivity contribution in [3.8, 4) is 0 Å². The summed E-state index contributed by atoms with van der Waals surface area (Å²) in [6.45, 7) is 7.26. The summed E-state index contributed by atoms with van der Waals surface area (Å²) >= 11 is 0. The van der Waals surface area contributed by atoms with Crippen LogP contribution in [0.15, 0.2) is 21.3 Å². The van der Waals surface area contributed by atoms with E-state index in [1.807, 2.05) is 13.8 Å². The zero-order valence-electron chi connectivity index (χ0n) is 6.18. The Morgan fingerprint density at radius 3 is 2.33 bits per heavy atom. The third kappa shape index (κ3) is 2.80. The van der Waals surface area contributed by atoms with E-state index in [1.165, 1.54) is 0 Å². The van der Waals surface area contributed by atoms with E-state index in [4.69, 9.17) is 0 Å². The molecule has 0 aliphatic carbocycles. The fourth-order valence-electron chi connectivity index (χ4n) is 0.412. The van der Waals surface area contributed by atoms with Crippen molar-refractivity contribution >= 4 is 12.9 Å². The molecule has 0 heterocycles. The van der Waals surface area contributed by atoms with Gasteiger partial charge in [-0.3, -0.25) is 9.98 Å². The second-order valence-electron chi connectivity index (χ2n) is 1.81. The molecule has 0 saturated heterocycles. The van der Waals surface area contributed by atoms with Crippen molar-refractivity contribution in [1.82, 2.24) is 0 Å². The van der Waals surface area contributed by atoms with Gasteiger partial charge >= 0.3 is 0 Å². The molecule has 0 rings (SSSR count). The van der Waals surface area contributed by atoms with Crippen LogP contribution in [0.4, 0.5) is 0 Å². The van der Waals surface area contributed by atoms with Crippen LogP contribution < -0.4 is 0 Å². The van der Waals surface area contributed by atoms with E-state index in [9.17, 15) is 0 Å². The standard InChI is InChI=1S/C7H12N2/c1-6(5-8-3)7(2)9-4/h5H,4H2,1-3H3/b7-6+,8-5?. The van der Waals surface area contributed by atoms with Crippen molar-refractivity contribution in [2.45, 2.75) is 13.8 Å². The Kier molecular flexibility index (Phi) is 3.60. The zero-order valence-corrected chi connectivity index (χ0v) is 6.18. The quantitative estimate of drug-likeness (QED) is 0.500. The number of hydrogen-bond donors (Lipinski definition) is 0. The molecule has 0 spiro atoms. The van der Waals surface area contributed by atoms with Crippen molar-refractivity contribution in [3.63, 3.8) is 0 Å². The van der Waals surface area contributed by atoms with Gasteiger partial charge in [-0.15, -0.1) is 0 Å². The highest BCUT2D eigenvalue weighted by molar-refractivity contribution is 5.78. The number of allylic oxidation sites excluding steroid dienone is 2. The second kappa shape index (κ2) is 4.01. The van der Waals surface area contributed by atoms with Gasteiger partial charge in [-0.2, -0.15) is 0 Å². The molecule has 0 amide bonds. The molecule has 0 unspecified atom stereocenters. The highest BCUT2D eigenvalue weighted by atomic mass is 14.7. The molecule has 9 heavy (non-hydrogen) atoms. The molecule has 2 nitrogen and oxygen atoms in total. The van der Waals surface area contributed by atoms with E-state index >= 15 is 0 Å². The fourth-order valence-corrected chi connectivity index (χ4v) is 0.412. The highest BCUT2D eigenvalue weighted by Crippen LogP contribution is 1.99. The molecule has 0 fully saturated rings. The lowest BCUT2D eigenvalue weighted by molar-refractivity contribution is 1.27. The van der Waals surface area contributed by atoms with E-state index in [0.717, 1.165) is 11.3 Å². The third-order valence-corrected chi connectivity index (χ3v) is 1.13. The zero-order chi connectivity index (χ0) is 7.28. The van der Waals surface area contributed by atoms with Crippen LogP contribution >= 0.6 is 0 Å². The number of aliphatic imine (C=N–C) groups is 2. The Balaban J connectivity index is 4.27. The van der Waals surface area contributed by atoms with Crippen LogP contribution in [0.2, 0.25) is 0 Å². The van der Waals surface area contributed by atoms with E-state index in [0.29, 0.717) is 0 Å². The summed E-state index contributed by atoms with van der Waals surface area (Å²) in [7, 11) is 1.74. The topological polar surface area (TPSA) is 24.7 Å². The highest BCUT2D eigenvalue weighted by Gasteiger charge is 1.86. The van der Waals surface area contributed by atoms with Crippen LogP contribution in [0.5, 0.6) is 0 Å². The molecule has 0 bridgehead atoms. The monoisotopic (exact) mass is 124 g/mol. The van der Waals surface area contributed by atoms with Gasteiger partial charge in [-0.1, -0.05) is 0 Å². The minimum Gasteiger partial charge on any atom is -0.296 e. The van der Waals surface area contributed by atoms with Crippen LogP contribution in [0.3, 0.4) is 0 Å². The molecule has 0 aromatic carbocycles. The minimum atomic E-state index is 0.931. The number of rotatable bonds is 2. The van der Waals surface area contributed by atoms with Gasteiger partial charge in [0, 0.05) is 19.0 Å². The minimum absolute atomic E-state index is 0.931. The second-order valence-corrected chi connectivity index (χ2v) is 1.81. The van der Waals surface area contributed by atoms with Crippen molar-refractivity contribution < 1.29 is 0 Å². The Morgan fingerprint density at radius 1 is 1.44 bits per heavy atom. The summed E-state index contributed by atoms with van der Waals surface area (Å²) in [5.41, 5.74) is 1.99. The summed E-state index contributed by atoms with van der Waals surface area (Å²) < 4.78 is 0. The molecule has 0 aromatic rings. The molecule has 0 aliphatic heterocycles. The van der Waals surface area contributed by atoms with E-state index in [2.05, 4.69) is 16.7 Å². The Morgan fingerprint density at radius 2 is 2.00 bits per heavy atom. The molecule has 0 aliphatic rings. The molecular formula is C7H12N2. The van der Waals surface area contributed by atoms with E-state index in [1.54, 1.807) is 13.3 Å². The van der Waals surface area contributed by atoms with Crippen molar-refractivity contribution in [2.24, 2.45) is 9.98 Å². The first-order valence-electron chi connectivity index (χ1n) is 2.78. The molecule has 0 saturated carbocycles. The summed E-state index contributed by atoms with van der Waals surface area (Å²) in [5, 5.41) is 0. The predicted molar refractivity (Wildman–Crippen MR) is 42.3 cm³/mol. The largest absolute Gasteiger partial charge is 0.296 e. The van der Waals surface area contributed by atoms with Crippen LogP contribution in [0.25, 0.3) is 0 Å². The molecule has 2 heteroatoms. The third-order valence-electron chi connectivity index (χ3n) is 1.13. The summed E-state index contributed by atoms with van der Waals surface area (Å²) in [4.78, 5) is 7.58. The van der Waals surface area contributed by atoms with Gasteiger partial charge in [0.15, 0.2) is 0 Å². The first kappa shape index (κ1) is 8.08. The summed E-state index contributed by atoms with van der Waals surface area (Å²) in [6, 6.07) is 0. The van der Waals surface area contributed by atoms with Gasteiger partial charge in [0.1, 0.15) is 0 Å². The molecular weight excluding hydrogens is 112 g/mol.